The second-order valence-electron chi connectivity index (χ2n) is 6.91. The fourth-order valence-electron chi connectivity index (χ4n) is 3.34. The molecule has 1 aromatic carbocycles. The lowest BCUT2D eigenvalue weighted by molar-refractivity contribution is 0.139. The Bertz CT molecular complexity index is 808. The number of likely N-dealkylation sites (N-methyl/N-ethyl adjacent to an activating group) is 1. The number of benzene rings is 1. The molecule has 3 rings (SSSR count). The van der Waals surface area contributed by atoms with Gasteiger partial charge in [-0.25, -0.2) is 4.99 Å². The largest absolute Gasteiger partial charge is 0.495 e. The highest BCUT2D eigenvalue weighted by Crippen LogP contribution is 2.28. The number of hydrogen-bond donors (Lipinski definition) is 0. The van der Waals surface area contributed by atoms with E-state index in [1.165, 1.54) is 5.69 Å². The lowest BCUT2D eigenvalue weighted by Crippen LogP contribution is -2.46. The molecule has 0 spiro atoms. The molecule has 1 aromatic heterocycles. The summed E-state index contributed by atoms with van der Waals surface area (Å²) in [6, 6.07) is 6.02. The molecule has 1 atom stereocenters. The SMILES string of the molecule is COc1ccc(N=c2scc(C)n2C(C)CN2CCN(C)CC2)cc1Cl. The molecule has 1 saturated heterocycles. The zero-order valence-electron chi connectivity index (χ0n) is 15.9. The van der Waals surface area contributed by atoms with E-state index in [1.807, 2.05) is 18.2 Å². The maximum Gasteiger partial charge on any atom is 0.190 e. The van der Waals surface area contributed by atoms with Gasteiger partial charge in [-0.05, 0) is 39.1 Å². The van der Waals surface area contributed by atoms with Crippen molar-refractivity contribution in [1.29, 1.82) is 0 Å². The predicted molar refractivity (Wildman–Crippen MR) is 109 cm³/mol. The van der Waals surface area contributed by atoms with Crippen molar-refractivity contribution in [2.45, 2.75) is 19.9 Å². The van der Waals surface area contributed by atoms with Gasteiger partial charge in [0.1, 0.15) is 5.75 Å². The van der Waals surface area contributed by atoms with E-state index in [4.69, 9.17) is 21.3 Å². The number of hydrogen-bond acceptors (Lipinski definition) is 5. The molecule has 0 N–H and O–H groups in total. The summed E-state index contributed by atoms with van der Waals surface area (Å²) in [5.41, 5.74) is 2.09. The van der Waals surface area contributed by atoms with Crippen LogP contribution in [0.25, 0.3) is 0 Å². The van der Waals surface area contributed by atoms with E-state index in [2.05, 4.69) is 40.6 Å². The van der Waals surface area contributed by atoms with Crippen LogP contribution in [0.3, 0.4) is 0 Å². The average molecular weight is 395 g/mol. The van der Waals surface area contributed by atoms with Crippen molar-refractivity contribution in [2.75, 3.05) is 46.9 Å². The lowest BCUT2D eigenvalue weighted by Gasteiger charge is -2.34. The van der Waals surface area contributed by atoms with Crippen LogP contribution in [0.5, 0.6) is 5.75 Å². The van der Waals surface area contributed by atoms with Gasteiger partial charge in [-0.3, -0.25) is 4.90 Å². The summed E-state index contributed by atoms with van der Waals surface area (Å²) < 4.78 is 7.56. The Morgan fingerprint density at radius 1 is 1.27 bits per heavy atom. The zero-order chi connectivity index (χ0) is 18.7. The quantitative estimate of drug-likeness (QED) is 0.777. The summed E-state index contributed by atoms with van der Waals surface area (Å²) >= 11 is 7.92. The molecule has 2 aromatic rings. The van der Waals surface area contributed by atoms with Gasteiger partial charge >= 0.3 is 0 Å². The highest BCUT2D eigenvalue weighted by Gasteiger charge is 2.18. The third kappa shape index (κ3) is 4.49. The van der Waals surface area contributed by atoms with Gasteiger partial charge in [0.05, 0.1) is 17.8 Å². The van der Waals surface area contributed by atoms with Crippen molar-refractivity contribution in [3.63, 3.8) is 0 Å². The first-order valence-electron chi connectivity index (χ1n) is 8.93. The van der Waals surface area contributed by atoms with Gasteiger partial charge in [0.25, 0.3) is 0 Å². The van der Waals surface area contributed by atoms with Crippen LogP contribution in [0.1, 0.15) is 18.7 Å². The van der Waals surface area contributed by atoms with Crippen molar-refractivity contribution >= 4 is 28.6 Å². The number of methoxy groups -OCH3 is 1. The Hall–Kier alpha value is -1.34. The van der Waals surface area contributed by atoms with Crippen molar-refractivity contribution < 1.29 is 4.74 Å². The van der Waals surface area contributed by atoms with Gasteiger partial charge in [-0.2, -0.15) is 0 Å². The van der Waals surface area contributed by atoms with Gasteiger partial charge in [0.2, 0.25) is 0 Å². The molecule has 26 heavy (non-hydrogen) atoms. The smallest absolute Gasteiger partial charge is 0.190 e. The molecule has 0 radical (unpaired) electrons. The Balaban J connectivity index is 1.83. The van der Waals surface area contributed by atoms with E-state index in [9.17, 15) is 0 Å². The number of aromatic nitrogens is 1. The molecular formula is C19H27ClN4OS. The Labute approximate surface area is 164 Å². The van der Waals surface area contributed by atoms with Crippen LogP contribution < -0.4 is 9.54 Å². The molecular weight excluding hydrogens is 368 g/mol. The standard InChI is InChI=1S/C19H27ClN4OS/c1-14(12-23-9-7-22(3)8-10-23)24-15(2)13-26-19(24)21-16-5-6-18(25-4)17(20)11-16/h5-6,11,13-14H,7-10,12H2,1-4H3. The van der Waals surface area contributed by atoms with Gasteiger partial charge in [0.15, 0.2) is 4.80 Å². The fourth-order valence-corrected chi connectivity index (χ4v) is 4.58. The van der Waals surface area contributed by atoms with Crippen molar-refractivity contribution in [1.82, 2.24) is 14.4 Å². The third-order valence-corrected chi connectivity index (χ3v) is 6.09. The minimum atomic E-state index is 0.372. The van der Waals surface area contributed by atoms with Crippen LogP contribution in [0.2, 0.25) is 5.02 Å². The van der Waals surface area contributed by atoms with Crippen LogP contribution in [-0.2, 0) is 0 Å². The summed E-state index contributed by atoms with van der Waals surface area (Å²) in [5.74, 6) is 0.671. The van der Waals surface area contributed by atoms with Gasteiger partial charge in [-0.15, -0.1) is 11.3 Å². The molecule has 0 aliphatic carbocycles. The van der Waals surface area contributed by atoms with Crippen LogP contribution in [-0.4, -0.2) is 61.2 Å². The van der Waals surface area contributed by atoms with E-state index in [0.29, 0.717) is 16.8 Å². The third-order valence-electron chi connectivity index (χ3n) is 4.84. The van der Waals surface area contributed by atoms with Crippen LogP contribution in [0, 0.1) is 6.92 Å². The van der Waals surface area contributed by atoms with Crippen molar-refractivity contribution in [2.24, 2.45) is 4.99 Å². The summed E-state index contributed by atoms with van der Waals surface area (Å²) in [7, 11) is 3.81. The number of ether oxygens (including phenoxy) is 1. The monoisotopic (exact) mass is 394 g/mol. The number of halogens is 1. The molecule has 1 aliphatic rings. The summed E-state index contributed by atoms with van der Waals surface area (Å²) in [6.07, 6.45) is 0. The number of rotatable bonds is 5. The second kappa shape index (κ2) is 8.57. The molecule has 0 bridgehead atoms. The number of nitrogens with zero attached hydrogens (tertiary/aromatic N) is 4. The first kappa shape index (κ1) is 19.4. The van der Waals surface area contributed by atoms with Crippen molar-refractivity contribution in [3.05, 3.63) is 39.1 Å². The van der Waals surface area contributed by atoms with Crippen LogP contribution in [0.4, 0.5) is 5.69 Å². The van der Waals surface area contributed by atoms with E-state index in [0.717, 1.165) is 43.2 Å². The Morgan fingerprint density at radius 3 is 2.65 bits per heavy atom. The van der Waals surface area contributed by atoms with Crippen LogP contribution in [0.15, 0.2) is 28.6 Å². The number of piperazine rings is 1. The minimum Gasteiger partial charge on any atom is -0.495 e. The highest BCUT2D eigenvalue weighted by atomic mass is 35.5. The fraction of sp³-hybridized carbons (Fsp3) is 0.526. The molecule has 1 aliphatic heterocycles. The second-order valence-corrected chi connectivity index (χ2v) is 8.16. The van der Waals surface area contributed by atoms with Gasteiger partial charge < -0.3 is 14.2 Å². The minimum absolute atomic E-state index is 0.372. The first-order valence-corrected chi connectivity index (χ1v) is 10.2. The zero-order valence-corrected chi connectivity index (χ0v) is 17.5. The van der Waals surface area contributed by atoms with Crippen LogP contribution >= 0.6 is 22.9 Å². The van der Waals surface area contributed by atoms with E-state index in [1.54, 1.807) is 18.4 Å². The molecule has 5 nitrogen and oxygen atoms in total. The molecule has 1 unspecified atom stereocenters. The molecule has 0 amide bonds. The summed E-state index contributed by atoms with van der Waals surface area (Å²) in [4.78, 5) is 10.8. The lowest BCUT2D eigenvalue weighted by atomic mass is 10.2. The number of thiazole rings is 1. The van der Waals surface area contributed by atoms with E-state index < -0.39 is 0 Å². The Kier molecular flexibility index (Phi) is 6.40. The molecule has 1 fully saturated rings. The molecule has 142 valence electrons. The Morgan fingerprint density at radius 2 is 2.00 bits per heavy atom. The maximum atomic E-state index is 6.24. The van der Waals surface area contributed by atoms with E-state index in [-0.39, 0.29) is 0 Å². The first-order chi connectivity index (χ1) is 12.5. The molecule has 0 saturated carbocycles. The molecule has 2 heterocycles. The number of aryl methyl sites for hydroxylation is 1. The normalized spacial score (nSPS) is 18.3. The topological polar surface area (TPSA) is 33.0 Å². The summed E-state index contributed by atoms with van der Waals surface area (Å²) in [6.45, 7) is 10.0. The molecule has 7 heteroatoms. The predicted octanol–water partition coefficient (Wildman–Crippen LogP) is 3.56. The van der Waals surface area contributed by atoms with E-state index >= 15 is 0 Å². The summed E-state index contributed by atoms with van der Waals surface area (Å²) in [5, 5.41) is 2.75. The highest BCUT2D eigenvalue weighted by molar-refractivity contribution is 7.07. The van der Waals surface area contributed by atoms with Gasteiger partial charge in [0, 0.05) is 49.8 Å². The maximum absolute atomic E-state index is 6.24. The van der Waals surface area contributed by atoms with Crippen molar-refractivity contribution in [3.8, 4) is 5.75 Å². The van der Waals surface area contributed by atoms with Gasteiger partial charge in [-0.1, -0.05) is 11.6 Å². The average Bonchev–Trinajstić information content (AvgIpc) is 2.97.